The first-order valence-electron chi connectivity index (χ1n) is 8.04. The molecule has 1 atom stereocenters. The van der Waals surface area contributed by atoms with Crippen molar-refractivity contribution in [3.05, 3.63) is 64.2 Å². The van der Waals surface area contributed by atoms with Gasteiger partial charge in [0.15, 0.2) is 0 Å². The maximum atomic E-state index is 13.4. The lowest BCUT2D eigenvalue weighted by Crippen LogP contribution is -2.32. The molecule has 0 saturated carbocycles. The van der Waals surface area contributed by atoms with Crippen molar-refractivity contribution in [1.29, 1.82) is 5.26 Å². The molecule has 1 heterocycles. The van der Waals surface area contributed by atoms with Crippen LogP contribution in [0.15, 0.2) is 47.4 Å². The monoisotopic (exact) mass is 414 g/mol. The average molecular weight is 415 g/mol. The molecule has 0 bridgehead atoms. The number of nitrogens with zero attached hydrogens (tertiary/aromatic N) is 2. The van der Waals surface area contributed by atoms with Crippen molar-refractivity contribution in [2.75, 3.05) is 6.54 Å². The van der Waals surface area contributed by atoms with Gasteiger partial charge in [-0.15, -0.1) is 0 Å². The molecule has 0 N–H and O–H groups in total. The molecule has 0 aliphatic carbocycles. The summed E-state index contributed by atoms with van der Waals surface area (Å²) in [6.07, 6.45) is -3.92. The SMILES string of the molecule is N#Cc1ccc(Cl)cc1S(=O)(=O)N1CCCC1c1ccccc1C(F)(F)F. The highest BCUT2D eigenvalue weighted by molar-refractivity contribution is 7.89. The molecule has 0 amide bonds. The summed E-state index contributed by atoms with van der Waals surface area (Å²) >= 11 is 5.88. The van der Waals surface area contributed by atoms with Crippen molar-refractivity contribution in [2.24, 2.45) is 0 Å². The van der Waals surface area contributed by atoms with Crippen LogP contribution in [-0.4, -0.2) is 19.3 Å². The van der Waals surface area contributed by atoms with Crippen LogP contribution >= 0.6 is 11.6 Å². The Morgan fingerprint density at radius 2 is 1.89 bits per heavy atom. The highest BCUT2D eigenvalue weighted by Gasteiger charge is 2.42. The van der Waals surface area contributed by atoms with Crippen molar-refractivity contribution in [2.45, 2.75) is 30.0 Å². The first-order valence-corrected chi connectivity index (χ1v) is 9.85. The van der Waals surface area contributed by atoms with E-state index in [0.717, 1.165) is 16.4 Å². The number of nitriles is 1. The molecule has 27 heavy (non-hydrogen) atoms. The highest BCUT2D eigenvalue weighted by atomic mass is 35.5. The van der Waals surface area contributed by atoms with Gasteiger partial charge in [-0.05, 0) is 42.7 Å². The molecule has 0 radical (unpaired) electrons. The largest absolute Gasteiger partial charge is 0.416 e. The first-order chi connectivity index (χ1) is 12.7. The molecule has 1 saturated heterocycles. The van der Waals surface area contributed by atoms with Crippen LogP contribution in [0.4, 0.5) is 13.2 Å². The van der Waals surface area contributed by atoms with Crippen LogP contribution in [0.2, 0.25) is 5.02 Å². The molecule has 0 spiro atoms. The summed E-state index contributed by atoms with van der Waals surface area (Å²) in [5.74, 6) is 0. The second-order valence-electron chi connectivity index (χ2n) is 6.11. The number of benzene rings is 2. The molecule has 142 valence electrons. The molecule has 2 aromatic rings. The van der Waals surface area contributed by atoms with Gasteiger partial charge in [0.25, 0.3) is 0 Å². The number of alkyl halides is 3. The van der Waals surface area contributed by atoms with Gasteiger partial charge in [0.1, 0.15) is 11.0 Å². The number of halogens is 4. The van der Waals surface area contributed by atoms with Gasteiger partial charge in [0.05, 0.1) is 17.2 Å². The molecule has 9 heteroatoms. The molecule has 1 unspecified atom stereocenters. The molecule has 0 aromatic heterocycles. The minimum Gasteiger partial charge on any atom is -0.207 e. The third kappa shape index (κ3) is 3.68. The van der Waals surface area contributed by atoms with E-state index in [0.29, 0.717) is 6.42 Å². The molecule has 3 rings (SSSR count). The van der Waals surface area contributed by atoms with E-state index >= 15 is 0 Å². The summed E-state index contributed by atoms with van der Waals surface area (Å²) in [7, 11) is -4.20. The Labute approximate surface area is 159 Å². The smallest absolute Gasteiger partial charge is 0.207 e. The predicted molar refractivity (Wildman–Crippen MR) is 93.5 cm³/mol. The van der Waals surface area contributed by atoms with Gasteiger partial charge in [0.2, 0.25) is 10.0 Å². The summed E-state index contributed by atoms with van der Waals surface area (Å²) in [4.78, 5) is -0.297. The number of rotatable bonds is 3. The lowest BCUT2D eigenvalue weighted by Gasteiger charge is -2.27. The summed E-state index contributed by atoms with van der Waals surface area (Å²) in [5.41, 5.74) is -1.05. The van der Waals surface area contributed by atoms with Gasteiger partial charge in [-0.25, -0.2) is 8.42 Å². The molecule has 1 aliphatic rings. The second-order valence-corrected chi connectivity index (χ2v) is 8.41. The second kappa shape index (κ2) is 7.15. The Kier molecular flexibility index (Phi) is 5.21. The third-order valence-corrected chi connectivity index (χ3v) is 6.66. The van der Waals surface area contributed by atoms with E-state index in [2.05, 4.69) is 0 Å². The van der Waals surface area contributed by atoms with Gasteiger partial charge in [-0.3, -0.25) is 0 Å². The number of hydrogen-bond acceptors (Lipinski definition) is 3. The lowest BCUT2D eigenvalue weighted by molar-refractivity contribution is -0.138. The average Bonchev–Trinajstić information content (AvgIpc) is 3.11. The molecule has 1 fully saturated rings. The quantitative estimate of drug-likeness (QED) is 0.727. The van der Waals surface area contributed by atoms with E-state index in [1.54, 1.807) is 6.07 Å². The van der Waals surface area contributed by atoms with Gasteiger partial charge < -0.3 is 0 Å². The van der Waals surface area contributed by atoms with Crippen LogP contribution in [0.3, 0.4) is 0 Å². The van der Waals surface area contributed by atoms with Gasteiger partial charge in [-0.2, -0.15) is 22.7 Å². The standard InChI is InChI=1S/C18H14ClF3N2O2S/c19-13-8-7-12(11-23)17(10-13)27(25,26)24-9-3-6-16(24)14-4-1-2-5-15(14)18(20,21)22/h1-2,4-5,7-8,10,16H,3,6,9H2. The van der Waals surface area contributed by atoms with Crippen LogP contribution < -0.4 is 0 Å². The zero-order valence-corrected chi connectivity index (χ0v) is 15.4. The molecular weight excluding hydrogens is 401 g/mol. The Morgan fingerprint density at radius 1 is 1.19 bits per heavy atom. The van der Waals surface area contributed by atoms with Crippen LogP contribution in [0, 0.1) is 11.3 Å². The van der Waals surface area contributed by atoms with E-state index in [4.69, 9.17) is 11.6 Å². The van der Waals surface area contributed by atoms with Crippen LogP contribution in [0.25, 0.3) is 0 Å². The predicted octanol–water partition coefficient (Wildman–Crippen LogP) is 4.76. The molecule has 4 nitrogen and oxygen atoms in total. The highest BCUT2D eigenvalue weighted by Crippen LogP contribution is 2.42. The van der Waals surface area contributed by atoms with Crippen molar-refractivity contribution < 1.29 is 21.6 Å². The number of sulfonamides is 1. The maximum absolute atomic E-state index is 13.4. The first kappa shape index (κ1) is 19.7. The fourth-order valence-corrected chi connectivity index (χ4v) is 5.39. The van der Waals surface area contributed by atoms with Gasteiger partial charge in [0, 0.05) is 11.6 Å². The van der Waals surface area contributed by atoms with E-state index in [9.17, 15) is 26.9 Å². The summed E-state index contributed by atoms with van der Waals surface area (Å²) in [6, 6.07) is 9.62. The third-order valence-electron chi connectivity index (χ3n) is 4.48. The minimum absolute atomic E-state index is 0.0660. The Hall–Kier alpha value is -2.08. The Morgan fingerprint density at radius 3 is 2.56 bits per heavy atom. The van der Waals surface area contributed by atoms with Gasteiger partial charge in [-0.1, -0.05) is 29.8 Å². The topological polar surface area (TPSA) is 61.2 Å². The minimum atomic E-state index is -4.59. The fraction of sp³-hybridized carbons (Fsp3) is 0.278. The van der Waals surface area contributed by atoms with Crippen molar-refractivity contribution in [3.8, 4) is 6.07 Å². The molecule has 2 aromatic carbocycles. The normalized spacial score (nSPS) is 18.4. The van der Waals surface area contributed by atoms with Crippen molar-refractivity contribution in [3.63, 3.8) is 0 Å². The van der Waals surface area contributed by atoms with E-state index in [1.165, 1.54) is 30.3 Å². The summed E-state index contributed by atoms with van der Waals surface area (Å²) in [5, 5.41) is 9.35. The summed E-state index contributed by atoms with van der Waals surface area (Å²) in [6.45, 7) is 0.0660. The maximum Gasteiger partial charge on any atom is 0.416 e. The Bertz CT molecular complexity index is 1020. The Balaban J connectivity index is 2.11. The van der Waals surface area contributed by atoms with E-state index < -0.39 is 27.8 Å². The lowest BCUT2D eigenvalue weighted by atomic mass is 9.99. The number of hydrogen-bond donors (Lipinski definition) is 0. The zero-order chi connectivity index (χ0) is 19.8. The molecular formula is C18H14ClF3N2O2S. The summed E-state index contributed by atoms with van der Waals surface area (Å²) < 4.78 is 67.5. The van der Waals surface area contributed by atoms with Crippen molar-refractivity contribution in [1.82, 2.24) is 4.31 Å². The van der Waals surface area contributed by atoms with Crippen LogP contribution in [-0.2, 0) is 16.2 Å². The van der Waals surface area contributed by atoms with E-state index in [-0.39, 0.29) is 34.0 Å². The molecule has 1 aliphatic heterocycles. The fourth-order valence-electron chi connectivity index (χ4n) is 3.31. The zero-order valence-electron chi connectivity index (χ0n) is 13.9. The van der Waals surface area contributed by atoms with Crippen LogP contribution in [0.5, 0.6) is 0 Å². The van der Waals surface area contributed by atoms with Crippen molar-refractivity contribution >= 4 is 21.6 Å². The van der Waals surface area contributed by atoms with E-state index in [1.807, 2.05) is 0 Å². The van der Waals surface area contributed by atoms with Crippen LogP contribution in [0.1, 0.15) is 35.6 Å². The van der Waals surface area contributed by atoms with Gasteiger partial charge >= 0.3 is 6.18 Å².